The highest BCUT2D eigenvalue weighted by atomic mass is 32.1. The fraction of sp³-hybridized carbons (Fsp3) is 0.733. The smallest absolute Gasteiger partial charge is 0.317 e. The maximum Gasteiger partial charge on any atom is 0.317 e. The molecule has 0 unspecified atom stereocenters. The number of aromatic nitrogens is 1. The number of anilines is 1. The maximum absolute atomic E-state index is 12.1. The molecule has 2 aliphatic heterocycles. The summed E-state index contributed by atoms with van der Waals surface area (Å²) >= 11 is 1.76. The van der Waals surface area contributed by atoms with Gasteiger partial charge in [0.25, 0.3) is 0 Å². The number of urea groups is 1. The first-order valence-corrected chi connectivity index (χ1v) is 8.94. The van der Waals surface area contributed by atoms with Crippen LogP contribution in [0.4, 0.5) is 9.93 Å². The van der Waals surface area contributed by atoms with E-state index in [2.05, 4.69) is 29.1 Å². The quantitative estimate of drug-likeness (QED) is 0.913. The van der Waals surface area contributed by atoms with Crippen molar-refractivity contribution in [1.29, 1.82) is 0 Å². The molecule has 0 saturated carbocycles. The summed E-state index contributed by atoms with van der Waals surface area (Å²) in [4.78, 5) is 24.8. The first-order chi connectivity index (χ1) is 10.7. The molecule has 0 spiro atoms. The minimum absolute atomic E-state index is 0.0575. The van der Waals surface area contributed by atoms with Crippen LogP contribution in [0.5, 0.6) is 0 Å². The van der Waals surface area contributed by atoms with E-state index in [1.807, 2.05) is 4.90 Å². The molecule has 22 heavy (non-hydrogen) atoms. The number of amides is 2. The van der Waals surface area contributed by atoms with Gasteiger partial charge in [-0.3, -0.25) is 0 Å². The Kier molecular flexibility index (Phi) is 4.83. The van der Waals surface area contributed by atoms with Gasteiger partial charge in [-0.2, -0.15) is 0 Å². The molecule has 0 radical (unpaired) electrons. The van der Waals surface area contributed by atoms with E-state index in [0.29, 0.717) is 6.54 Å². The van der Waals surface area contributed by atoms with Crippen LogP contribution in [0.3, 0.4) is 0 Å². The number of carbonyl (C=O) groups excluding carboxylic acids is 1. The van der Waals surface area contributed by atoms with Crippen LogP contribution in [0.1, 0.15) is 23.9 Å². The van der Waals surface area contributed by atoms with E-state index >= 15 is 0 Å². The number of nitrogens with one attached hydrogen (secondary N) is 1. The van der Waals surface area contributed by atoms with E-state index in [-0.39, 0.29) is 6.03 Å². The lowest BCUT2D eigenvalue weighted by Gasteiger charge is -2.32. The summed E-state index contributed by atoms with van der Waals surface area (Å²) in [6, 6.07) is 0.0575. The molecule has 6 nitrogen and oxygen atoms in total. The van der Waals surface area contributed by atoms with Crippen LogP contribution in [0.2, 0.25) is 0 Å². The molecule has 3 rings (SSSR count). The third kappa shape index (κ3) is 3.35. The van der Waals surface area contributed by atoms with E-state index in [1.54, 1.807) is 11.3 Å². The number of carbonyl (C=O) groups is 1. The summed E-state index contributed by atoms with van der Waals surface area (Å²) in [5.74, 6) is 0. The number of likely N-dealkylation sites (N-methyl/N-ethyl adjacent to an activating group) is 1. The van der Waals surface area contributed by atoms with Crippen LogP contribution in [-0.4, -0.2) is 67.1 Å². The van der Waals surface area contributed by atoms with Gasteiger partial charge in [0.2, 0.25) is 0 Å². The lowest BCUT2D eigenvalue weighted by Crippen LogP contribution is -2.44. The van der Waals surface area contributed by atoms with Crippen LogP contribution in [0, 0.1) is 0 Å². The zero-order valence-corrected chi connectivity index (χ0v) is 14.3. The van der Waals surface area contributed by atoms with Crippen molar-refractivity contribution >= 4 is 22.5 Å². The second-order valence-electron chi connectivity index (χ2n) is 6.06. The topological polar surface area (TPSA) is 51.7 Å². The van der Waals surface area contributed by atoms with Crippen LogP contribution in [-0.2, 0) is 13.0 Å². The van der Waals surface area contributed by atoms with Crippen LogP contribution in [0.15, 0.2) is 0 Å². The summed E-state index contributed by atoms with van der Waals surface area (Å²) in [5.41, 5.74) is 1.19. The van der Waals surface area contributed by atoms with Gasteiger partial charge in [0, 0.05) is 50.6 Å². The third-order valence-electron chi connectivity index (χ3n) is 4.31. The van der Waals surface area contributed by atoms with Gasteiger partial charge >= 0.3 is 6.03 Å². The first kappa shape index (κ1) is 15.6. The van der Waals surface area contributed by atoms with E-state index in [0.717, 1.165) is 57.2 Å². The Morgan fingerprint density at radius 2 is 2.05 bits per heavy atom. The molecule has 1 aromatic heterocycles. The predicted octanol–water partition coefficient (Wildman–Crippen LogP) is 1.37. The van der Waals surface area contributed by atoms with E-state index in [9.17, 15) is 4.79 Å². The highest BCUT2D eigenvalue weighted by Crippen LogP contribution is 2.31. The normalized spacial score (nSPS) is 19.2. The number of fused-ring (bicyclic) bond motifs is 1. The predicted molar refractivity (Wildman–Crippen MR) is 89.6 cm³/mol. The van der Waals surface area contributed by atoms with Gasteiger partial charge in [-0.1, -0.05) is 18.3 Å². The van der Waals surface area contributed by atoms with Crippen molar-refractivity contribution in [3.05, 3.63) is 10.6 Å². The largest absolute Gasteiger partial charge is 0.346 e. The van der Waals surface area contributed by atoms with Crippen molar-refractivity contribution in [3.8, 4) is 0 Å². The molecule has 2 amide bonds. The Labute approximate surface area is 136 Å². The second-order valence-corrected chi connectivity index (χ2v) is 7.12. The standard InChI is InChI=1S/C15H25N5OS/c1-3-5-16-14(21)20-6-4-12-13(11-20)22-15(17-12)19-9-7-18(2)8-10-19/h3-11H2,1-2H3,(H,16,21). The van der Waals surface area contributed by atoms with E-state index in [4.69, 9.17) is 4.98 Å². The average molecular weight is 323 g/mol. The number of thiazole rings is 1. The Bertz CT molecular complexity index is 524. The summed E-state index contributed by atoms with van der Waals surface area (Å²) in [6.07, 6.45) is 1.85. The van der Waals surface area contributed by atoms with Crippen molar-refractivity contribution in [2.45, 2.75) is 26.3 Å². The van der Waals surface area contributed by atoms with Crippen molar-refractivity contribution in [3.63, 3.8) is 0 Å². The summed E-state index contributed by atoms with van der Waals surface area (Å²) in [5, 5.41) is 4.10. The van der Waals surface area contributed by atoms with Crippen LogP contribution < -0.4 is 10.2 Å². The molecule has 1 aromatic rings. The zero-order chi connectivity index (χ0) is 15.5. The average Bonchev–Trinajstić information content (AvgIpc) is 2.96. The SMILES string of the molecule is CCCNC(=O)N1CCc2nc(N3CCN(C)CC3)sc2C1. The molecule has 122 valence electrons. The number of nitrogens with zero attached hydrogens (tertiary/aromatic N) is 4. The zero-order valence-electron chi connectivity index (χ0n) is 13.5. The molecule has 1 fully saturated rings. The lowest BCUT2D eigenvalue weighted by atomic mass is 10.2. The van der Waals surface area contributed by atoms with Crippen LogP contribution >= 0.6 is 11.3 Å². The van der Waals surface area contributed by atoms with Gasteiger partial charge in [-0.05, 0) is 13.5 Å². The fourth-order valence-electron chi connectivity index (χ4n) is 2.83. The van der Waals surface area contributed by atoms with Gasteiger partial charge in [0.05, 0.1) is 12.2 Å². The highest BCUT2D eigenvalue weighted by molar-refractivity contribution is 7.15. The number of hydrogen-bond donors (Lipinski definition) is 1. The summed E-state index contributed by atoms with van der Waals surface area (Å²) in [6.45, 7) is 8.57. The third-order valence-corrected chi connectivity index (χ3v) is 5.45. The Morgan fingerprint density at radius 1 is 1.27 bits per heavy atom. The Hall–Kier alpha value is -1.34. The van der Waals surface area contributed by atoms with Gasteiger partial charge < -0.3 is 20.0 Å². The summed E-state index contributed by atoms with van der Waals surface area (Å²) in [7, 11) is 2.16. The molecule has 0 atom stereocenters. The minimum Gasteiger partial charge on any atom is -0.346 e. The van der Waals surface area contributed by atoms with Gasteiger partial charge in [-0.15, -0.1) is 0 Å². The van der Waals surface area contributed by atoms with Gasteiger partial charge in [0.15, 0.2) is 5.13 Å². The van der Waals surface area contributed by atoms with Gasteiger partial charge in [0.1, 0.15) is 0 Å². The number of rotatable bonds is 3. The minimum atomic E-state index is 0.0575. The van der Waals surface area contributed by atoms with Crippen LogP contribution in [0.25, 0.3) is 0 Å². The monoisotopic (exact) mass is 323 g/mol. The molecular weight excluding hydrogens is 298 g/mol. The number of piperazine rings is 1. The Balaban J connectivity index is 1.64. The molecular formula is C15H25N5OS. The fourth-order valence-corrected chi connectivity index (χ4v) is 4.01. The lowest BCUT2D eigenvalue weighted by molar-refractivity contribution is 0.193. The van der Waals surface area contributed by atoms with E-state index in [1.165, 1.54) is 10.6 Å². The molecule has 1 N–H and O–H groups in total. The molecule has 0 aliphatic carbocycles. The van der Waals surface area contributed by atoms with Crippen molar-refractivity contribution in [2.24, 2.45) is 0 Å². The molecule has 0 bridgehead atoms. The molecule has 7 heteroatoms. The first-order valence-electron chi connectivity index (χ1n) is 8.12. The van der Waals surface area contributed by atoms with Crippen molar-refractivity contribution in [2.75, 3.05) is 51.2 Å². The summed E-state index contributed by atoms with van der Waals surface area (Å²) < 4.78 is 0. The molecule has 2 aliphatic rings. The Morgan fingerprint density at radius 3 is 2.77 bits per heavy atom. The van der Waals surface area contributed by atoms with Crippen molar-refractivity contribution < 1.29 is 4.79 Å². The molecule has 1 saturated heterocycles. The maximum atomic E-state index is 12.1. The number of hydrogen-bond acceptors (Lipinski definition) is 5. The molecule has 3 heterocycles. The molecule has 0 aromatic carbocycles. The van der Waals surface area contributed by atoms with Crippen molar-refractivity contribution in [1.82, 2.24) is 20.1 Å². The second kappa shape index (κ2) is 6.83. The highest BCUT2D eigenvalue weighted by Gasteiger charge is 2.26. The van der Waals surface area contributed by atoms with E-state index < -0.39 is 0 Å². The van der Waals surface area contributed by atoms with Gasteiger partial charge in [-0.25, -0.2) is 9.78 Å².